The third kappa shape index (κ3) is 4.33. The number of likely N-dealkylation sites (tertiary alicyclic amines) is 1. The molecule has 90 valence electrons. The van der Waals surface area contributed by atoms with Gasteiger partial charge in [0.15, 0.2) is 0 Å². The van der Waals surface area contributed by atoms with Gasteiger partial charge in [0.1, 0.15) is 6.61 Å². The largest absolute Gasteiger partial charge is 0.466 e. The average molecular weight is 227 g/mol. The highest BCUT2D eigenvalue weighted by Gasteiger charge is 2.16. The van der Waals surface area contributed by atoms with E-state index in [9.17, 15) is 9.59 Å². The molecule has 0 aliphatic carbocycles. The number of methoxy groups -OCH3 is 1. The maximum Gasteiger partial charge on any atom is 0.410 e. The lowest BCUT2D eigenvalue weighted by molar-refractivity contribution is -0.134. The first kappa shape index (κ1) is 12.5. The van der Waals surface area contributed by atoms with Crippen molar-refractivity contribution in [3.63, 3.8) is 0 Å². The molecule has 0 spiro atoms. The first-order chi connectivity index (χ1) is 7.74. The van der Waals surface area contributed by atoms with Gasteiger partial charge in [-0.25, -0.2) is 9.59 Å². The summed E-state index contributed by atoms with van der Waals surface area (Å²) in [5.74, 6) is -0.450. The molecule has 1 fully saturated rings. The van der Waals surface area contributed by atoms with E-state index in [1.165, 1.54) is 25.7 Å². The Morgan fingerprint density at radius 1 is 1.25 bits per heavy atom. The first-order valence-corrected chi connectivity index (χ1v) is 5.40. The molecule has 0 radical (unpaired) electrons. The number of carbonyl (C=O) groups is 2. The lowest BCUT2D eigenvalue weighted by atomic mass is 10.1. The topological polar surface area (TPSA) is 55.8 Å². The van der Waals surface area contributed by atoms with E-state index in [2.05, 4.69) is 4.74 Å². The third-order valence-corrected chi connectivity index (χ3v) is 2.37. The van der Waals surface area contributed by atoms with Crippen molar-refractivity contribution in [2.45, 2.75) is 19.3 Å². The SMILES string of the molecule is COC(=O)C=CCOC(=O)N1CCCCC1. The van der Waals surface area contributed by atoms with Crippen LogP contribution in [0.25, 0.3) is 0 Å². The molecule has 1 saturated heterocycles. The zero-order valence-corrected chi connectivity index (χ0v) is 9.48. The van der Waals surface area contributed by atoms with E-state index >= 15 is 0 Å². The number of carbonyl (C=O) groups excluding carboxylic acids is 2. The van der Waals surface area contributed by atoms with Crippen LogP contribution >= 0.6 is 0 Å². The van der Waals surface area contributed by atoms with E-state index < -0.39 is 5.97 Å². The zero-order valence-electron chi connectivity index (χ0n) is 9.48. The van der Waals surface area contributed by atoms with Crippen LogP contribution in [0.15, 0.2) is 12.2 Å². The minimum atomic E-state index is -0.450. The predicted octanol–water partition coefficient (Wildman–Crippen LogP) is 1.34. The molecule has 1 rings (SSSR count). The molecule has 1 aliphatic rings. The number of amides is 1. The molecule has 0 N–H and O–H groups in total. The number of hydrogen-bond acceptors (Lipinski definition) is 4. The fourth-order valence-corrected chi connectivity index (χ4v) is 1.50. The van der Waals surface area contributed by atoms with E-state index in [4.69, 9.17) is 4.74 Å². The number of esters is 1. The highest BCUT2D eigenvalue weighted by molar-refractivity contribution is 5.81. The van der Waals surface area contributed by atoms with E-state index in [-0.39, 0.29) is 12.7 Å². The summed E-state index contributed by atoms with van der Waals surface area (Å²) in [5.41, 5.74) is 0. The van der Waals surface area contributed by atoms with Crippen molar-refractivity contribution in [1.29, 1.82) is 0 Å². The molecule has 0 atom stereocenters. The quantitative estimate of drug-likeness (QED) is 0.539. The van der Waals surface area contributed by atoms with Crippen molar-refractivity contribution < 1.29 is 19.1 Å². The van der Waals surface area contributed by atoms with E-state index in [0.717, 1.165) is 25.9 Å². The summed E-state index contributed by atoms with van der Waals surface area (Å²) in [6, 6.07) is 0. The highest BCUT2D eigenvalue weighted by Crippen LogP contribution is 2.09. The number of ether oxygens (including phenoxy) is 2. The van der Waals surface area contributed by atoms with Crippen LogP contribution in [0.5, 0.6) is 0 Å². The van der Waals surface area contributed by atoms with Crippen LogP contribution in [0.3, 0.4) is 0 Å². The first-order valence-electron chi connectivity index (χ1n) is 5.40. The average Bonchev–Trinajstić information content (AvgIpc) is 2.35. The standard InChI is InChI=1S/C11H17NO4/c1-15-10(13)6-5-9-16-11(14)12-7-3-2-4-8-12/h5-6H,2-4,7-9H2,1H3. The number of rotatable bonds is 3. The van der Waals surface area contributed by atoms with E-state index in [0.29, 0.717) is 0 Å². The third-order valence-electron chi connectivity index (χ3n) is 2.37. The van der Waals surface area contributed by atoms with Crippen LogP contribution in [-0.4, -0.2) is 43.8 Å². The van der Waals surface area contributed by atoms with Gasteiger partial charge in [0.25, 0.3) is 0 Å². The Balaban J connectivity index is 2.19. The molecule has 1 heterocycles. The Labute approximate surface area is 95.0 Å². The Hall–Kier alpha value is -1.52. The van der Waals surface area contributed by atoms with Gasteiger partial charge in [-0.05, 0) is 25.3 Å². The molecule has 0 aromatic heterocycles. The number of piperidine rings is 1. The second kappa shape index (κ2) is 6.87. The van der Waals surface area contributed by atoms with Gasteiger partial charge in [-0.1, -0.05) is 0 Å². The zero-order chi connectivity index (χ0) is 11.8. The van der Waals surface area contributed by atoms with Gasteiger partial charge < -0.3 is 14.4 Å². The monoisotopic (exact) mass is 227 g/mol. The Morgan fingerprint density at radius 2 is 1.94 bits per heavy atom. The van der Waals surface area contributed by atoms with Gasteiger partial charge in [0, 0.05) is 19.2 Å². The smallest absolute Gasteiger partial charge is 0.410 e. The minimum Gasteiger partial charge on any atom is -0.466 e. The van der Waals surface area contributed by atoms with Gasteiger partial charge >= 0.3 is 12.1 Å². The second-order valence-electron chi connectivity index (χ2n) is 3.55. The molecule has 0 aromatic carbocycles. The van der Waals surface area contributed by atoms with Gasteiger partial charge in [0.2, 0.25) is 0 Å². The Morgan fingerprint density at radius 3 is 2.56 bits per heavy atom. The molecule has 1 amide bonds. The van der Waals surface area contributed by atoms with Crippen LogP contribution in [0.1, 0.15) is 19.3 Å². The summed E-state index contributed by atoms with van der Waals surface area (Å²) in [6.07, 6.45) is 5.64. The normalized spacial score (nSPS) is 16.2. The molecular weight excluding hydrogens is 210 g/mol. The fraction of sp³-hybridized carbons (Fsp3) is 0.636. The summed E-state index contributed by atoms with van der Waals surface area (Å²) in [6.45, 7) is 1.63. The number of hydrogen-bond donors (Lipinski definition) is 0. The molecular formula is C11H17NO4. The maximum absolute atomic E-state index is 11.5. The van der Waals surface area contributed by atoms with Crippen LogP contribution < -0.4 is 0 Å². The van der Waals surface area contributed by atoms with E-state index in [1.807, 2.05) is 0 Å². The predicted molar refractivity (Wildman–Crippen MR) is 57.9 cm³/mol. The minimum absolute atomic E-state index is 0.102. The van der Waals surface area contributed by atoms with Crippen molar-refractivity contribution in [2.24, 2.45) is 0 Å². The van der Waals surface area contributed by atoms with Crippen molar-refractivity contribution >= 4 is 12.1 Å². The summed E-state index contributed by atoms with van der Waals surface area (Å²) >= 11 is 0. The van der Waals surface area contributed by atoms with Gasteiger partial charge in [-0.15, -0.1) is 0 Å². The lowest BCUT2D eigenvalue weighted by Crippen LogP contribution is -2.36. The molecule has 5 nitrogen and oxygen atoms in total. The van der Waals surface area contributed by atoms with Crippen LogP contribution in [0, 0.1) is 0 Å². The summed E-state index contributed by atoms with van der Waals surface area (Å²) in [5, 5.41) is 0. The fourth-order valence-electron chi connectivity index (χ4n) is 1.50. The maximum atomic E-state index is 11.5. The Bertz CT molecular complexity index is 269. The molecule has 0 bridgehead atoms. The summed E-state index contributed by atoms with van der Waals surface area (Å²) in [4.78, 5) is 23.9. The van der Waals surface area contributed by atoms with Gasteiger partial charge in [0.05, 0.1) is 7.11 Å². The highest BCUT2D eigenvalue weighted by atomic mass is 16.6. The van der Waals surface area contributed by atoms with Crippen molar-refractivity contribution in [1.82, 2.24) is 4.90 Å². The molecule has 1 aliphatic heterocycles. The van der Waals surface area contributed by atoms with Crippen molar-refractivity contribution in [3.8, 4) is 0 Å². The number of nitrogens with zero attached hydrogens (tertiary/aromatic N) is 1. The van der Waals surface area contributed by atoms with E-state index in [1.54, 1.807) is 4.90 Å². The molecule has 0 aromatic rings. The summed E-state index contributed by atoms with van der Waals surface area (Å²) < 4.78 is 9.37. The molecule has 0 saturated carbocycles. The lowest BCUT2D eigenvalue weighted by Gasteiger charge is -2.25. The van der Waals surface area contributed by atoms with Crippen LogP contribution in [0.4, 0.5) is 4.79 Å². The van der Waals surface area contributed by atoms with Crippen LogP contribution in [0.2, 0.25) is 0 Å². The summed E-state index contributed by atoms with van der Waals surface area (Å²) in [7, 11) is 1.30. The molecule has 16 heavy (non-hydrogen) atoms. The van der Waals surface area contributed by atoms with Crippen molar-refractivity contribution in [3.05, 3.63) is 12.2 Å². The molecule has 0 unspecified atom stereocenters. The molecule has 5 heteroatoms. The van der Waals surface area contributed by atoms with Gasteiger partial charge in [-0.2, -0.15) is 0 Å². The van der Waals surface area contributed by atoms with Gasteiger partial charge in [-0.3, -0.25) is 0 Å². The Kier molecular flexibility index (Phi) is 5.39. The second-order valence-corrected chi connectivity index (χ2v) is 3.55. The van der Waals surface area contributed by atoms with Crippen molar-refractivity contribution in [2.75, 3.05) is 26.8 Å². The van der Waals surface area contributed by atoms with Crippen LogP contribution in [-0.2, 0) is 14.3 Å².